The van der Waals surface area contributed by atoms with Crippen LogP contribution in [0.3, 0.4) is 0 Å². The third-order valence-electron chi connectivity index (χ3n) is 5.81. The Kier molecular flexibility index (Phi) is 7.24. The average Bonchev–Trinajstić information content (AvgIpc) is 3.08. The molecular weight excluding hydrogens is 370 g/mol. The highest BCUT2D eigenvalue weighted by molar-refractivity contribution is 7.20. The van der Waals surface area contributed by atoms with E-state index in [0.717, 1.165) is 72.3 Å². The van der Waals surface area contributed by atoms with Crippen molar-refractivity contribution in [3.63, 3.8) is 0 Å². The van der Waals surface area contributed by atoms with Crippen LogP contribution in [0.15, 0.2) is 6.33 Å². The zero-order chi connectivity index (χ0) is 20.1. The lowest BCUT2D eigenvalue weighted by Gasteiger charge is -2.28. The number of thiophene rings is 1. The van der Waals surface area contributed by atoms with E-state index in [9.17, 15) is 4.79 Å². The van der Waals surface area contributed by atoms with Gasteiger partial charge in [0.2, 0.25) is 0 Å². The molecule has 0 N–H and O–H groups in total. The number of anilines is 1. The van der Waals surface area contributed by atoms with Gasteiger partial charge in [0, 0.05) is 32.7 Å². The van der Waals surface area contributed by atoms with Gasteiger partial charge < -0.3 is 14.7 Å². The number of hydrogen-bond donors (Lipinski definition) is 0. The molecule has 3 rings (SSSR count). The number of carbonyl (C=O) groups excluding carboxylic acids is 1. The van der Waals surface area contributed by atoms with Crippen LogP contribution in [0.5, 0.6) is 0 Å². The summed E-state index contributed by atoms with van der Waals surface area (Å²) in [5.74, 6) is 1.13. The smallest absolute Gasteiger partial charge is 0.264 e. The summed E-state index contributed by atoms with van der Waals surface area (Å²) in [7, 11) is 0. The summed E-state index contributed by atoms with van der Waals surface area (Å²) in [5, 5.41) is 1.07. The number of rotatable bonds is 8. The number of hydrogen-bond acceptors (Lipinski definition) is 6. The van der Waals surface area contributed by atoms with Gasteiger partial charge in [-0.1, -0.05) is 13.8 Å². The first kappa shape index (κ1) is 21.0. The molecule has 0 radical (unpaired) electrons. The third kappa shape index (κ3) is 4.30. The third-order valence-corrected chi connectivity index (χ3v) is 6.99. The van der Waals surface area contributed by atoms with E-state index in [1.54, 1.807) is 6.33 Å². The van der Waals surface area contributed by atoms with Gasteiger partial charge in [0.15, 0.2) is 0 Å². The Labute approximate surface area is 172 Å². The van der Waals surface area contributed by atoms with Gasteiger partial charge in [-0.15, -0.1) is 11.3 Å². The Hall–Kier alpha value is -1.73. The molecule has 0 atom stereocenters. The van der Waals surface area contributed by atoms with Crippen LogP contribution in [0, 0.1) is 6.92 Å². The molecule has 1 saturated heterocycles. The largest absolute Gasteiger partial charge is 0.356 e. The van der Waals surface area contributed by atoms with Crippen LogP contribution in [0.25, 0.3) is 10.2 Å². The van der Waals surface area contributed by atoms with Crippen LogP contribution < -0.4 is 4.90 Å². The number of aryl methyl sites for hydroxylation is 1. The van der Waals surface area contributed by atoms with Crippen molar-refractivity contribution < 1.29 is 4.79 Å². The van der Waals surface area contributed by atoms with Crippen molar-refractivity contribution in [2.24, 2.45) is 0 Å². The first-order valence-corrected chi connectivity index (χ1v) is 11.4. The monoisotopic (exact) mass is 403 g/mol. The predicted octanol–water partition coefficient (Wildman–Crippen LogP) is 3.79. The van der Waals surface area contributed by atoms with Crippen molar-refractivity contribution in [3.05, 3.63) is 16.8 Å². The van der Waals surface area contributed by atoms with E-state index in [1.165, 1.54) is 30.6 Å². The lowest BCUT2D eigenvalue weighted by Crippen LogP contribution is -2.38. The highest BCUT2D eigenvalue weighted by atomic mass is 32.1. The van der Waals surface area contributed by atoms with Crippen LogP contribution in [0.1, 0.15) is 55.3 Å². The van der Waals surface area contributed by atoms with Gasteiger partial charge >= 0.3 is 0 Å². The fraction of sp³-hybridized carbons (Fsp3) is 0.667. The molecule has 28 heavy (non-hydrogen) atoms. The minimum absolute atomic E-state index is 0.125. The molecule has 0 spiro atoms. The van der Waals surface area contributed by atoms with Gasteiger partial charge in [-0.05, 0) is 51.8 Å². The van der Waals surface area contributed by atoms with E-state index >= 15 is 0 Å². The Bertz CT molecular complexity index is 795. The van der Waals surface area contributed by atoms with Crippen LogP contribution in [-0.2, 0) is 0 Å². The fourth-order valence-corrected chi connectivity index (χ4v) is 5.06. The maximum atomic E-state index is 13.3. The number of nitrogens with zero attached hydrogens (tertiary/aromatic N) is 5. The fourth-order valence-electron chi connectivity index (χ4n) is 3.95. The van der Waals surface area contributed by atoms with Crippen LogP contribution >= 0.6 is 11.3 Å². The summed E-state index contributed by atoms with van der Waals surface area (Å²) in [6, 6.07) is 0. The quantitative estimate of drug-likeness (QED) is 0.671. The van der Waals surface area contributed by atoms with E-state index in [2.05, 4.69) is 47.5 Å². The van der Waals surface area contributed by atoms with Gasteiger partial charge in [-0.25, -0.2) is 9.97 Å². The first-order valence-electron chi connectivity index (χ1n) is 10.6. The predicted molar refractivity (Wildman–Crippen MR) is 118 cm³/mol. The number of piperidine rings is 1. The number of fused-ring (bicyclic) bond motifs is 1. The summed E-state index contributed by atoms with van der Waals surface area (Å²) in [6.07, 6.45) is 5.34. The van der Waals surface area contributed by atoms with Crippen molar-refractivity contribution in [1.82, 2.24) is 19.8 Å². The van der Waals surface area contributed by atoms with E-state index in [0.29, 0.717) is 0 Å². The molecule has 0 unspecified atom stereocenters. The molecule has 2 aromatic heterocycles. The molecule has 1 amide bonds. The molecule has 1 aliphatic heterocycles. The second-order valence-electron chi connectivity index (χ2n) is 7.39. The second-order valence-corrected chi connectivity index (χ2v) is 8.39. The summed E-state index contributed by atoms with van der Waals surface area (Å²) >= 11 is 1.52. The van der Waals surface area contributed by atoms with Gasteiger partial charge in [0.25, 0.3) is 5.91 Å². The molecule has 3 heterocycles. The van der Waals surface area contributed by atoms with E-state index in [4.69, 9.17) is 0 Å². The van der Waals surface area contributed by atoms with Crippen molar-refractivity contribution in [2.75, 3.05) is 50.7 Å². The Balaban J connectivity index is 1.88. The summed E-state index contributed by atoms with van der Waals surface area (Å²) in [6.45, 7) is 14.9. The standard InChI is InChI=1S/C21H33N5OS/c1-5-24(6-2)13-14-25(7-3)21(27)18-16(4)17-19(22-15-23-20(17)28-18)26-11-9-8-10-12-26/h15H,5-14H2,1-4H3. The topological polar surface area (TPSA) is 52.6 Å². The molecule has 0 bridgehead atoms. The zero-order valence-corrected chi connectivity index (χ0v) is 18.5. The summed E-state index contributed by atoms with van der Waals surface area (Å²) < 4.78 is 0. The van der Waals surface area contributed by atoms with Crippen LogP contribution in [0.2, 0.25) is 0 Å². The highest BCUT2D eigenvalue weighted by Gasteiger charge is 2.25. The molecule has 6 nitrogen and oxygen atoms in total. The molecule has 7 heteroatoms. The van der Waals surface area contributed by atoms with Gasteiger partial charge in [-0.3, -0.25) is 4.79 Å². The molecule has 0 aromatic carbocycles. The summed E-state index contributed by atoms with van der Waals surface area (Å²) in [5.41, 5.74) is 1.03. The van der Waals surface area contributed by atoms with Crippen LogP contribution in [-0.4, -0.2) is 71.5 Å². The van der Waals surface area contributed by atoms with Crippen LogP contribution in [0.4, 0.5) is 5.82 Å². The van der Waals surface area contributed by atoms with Crippen molar-refractivity contribution in [3.8, 4) is 0 Å². The molecule has 2 aromatic rings. The number of likely N-dealkylation sites (N-methyl/N-ethyl adjacent to an activating group) is 2. The first-order chi connectivity index (χ1) is 13.6. The molecule has 0 saturated carbocycles. The molecule has 154 valence electrons. The maximum absolute atomic E-state index is 13.3. The SMILES string of the molecule is CCN(CC)CCN(CC)C(=O)c1sc2ncnc(N3CCCCC3)c2c1C. The molecular formula is C21H33N5OS. The lowest BCUT2D eigenvalue weighted by molar-refractivity contribution is 0.0751. The Morgan fingerprint density at radius 2 is 1.79 bits per heavy atom. The van der Waals surface area contributed by atoms with E-state index in [1.807, 2.05) is 4.90 Å². The average molecular weight is 404 g/mol. The van der Waals surface area contributed by atoms with Crippen molar-refractivity contribution in [2.45, 2.75) is 47.0 Å². The molecule has 1 aliphatic rings. The lowest BCUT2D eigenvalue weighted by atomic mass is 10.1. The maximum Gasteiger partial charge on any atom is 0.264 e. The highest BCUT2D eigenvalue weighted by Crippen LogP contribution is 2.36. The van der Waals surface area contributed by atoms with Crippen molar-refractivity contribution >= 4 is 33.3 Å². The summed E-state index contributed by atoms with van der Waals surface area (Å²) in [4.78, 5) is 30.8. The van der Waals surface area contributed by atoms with Gasteiger partial charge in [-0.2, -0.15) is 0 Å². The van der Waals surface area contributed by atoms with E-state index in [-0.39, 0.29) is 5.91 Å². The van der Waals surface area contributed by atoms with Gasteiger partial charge in [0.1, 0.15) is 17.0 Å². The van der Waals surface area contributed by atoms with Gasteiger partial charge in [0.05, 0.1) is 10.3 Å². The van der Waals surface area contributed by atoms with E-state index < -0.39 is 0 Å². The minimum Gasteiger partial charge on any atom is -0.356 e. The number of aromatic nitrogens is 2. The number of carbonyl (C=O) groups is 1. The normalized spacial score (nSPS) is 14.8. The molecule has 0 aliphatic carbocycles. The van der Waals surface area contributed by atoms with Crippen molar-refractivity contribution in [1.29, 1.82) is 0 Å². The zero-order valence-electron chi connectivity index (χ0n) is 17.7. The second kappa shape index (κ2) is 9.65. The minimum atomic E-state index is 0.125. The molecule has 1 fully saturated rings. The number of amides is 1. The Morgan fingerprint density at radius 1 is 1.07 bits per heavy atom. The Morgan fingerprint density at radius 3 is 2.43 bits per heavy atom.